The molecule has 7 nitrogen and oxygen atoms in total. The molecule has 1 aliphatic rings. The lowest BCUT2D eigenvalue weighted by Crippen LogP contribution is -2.50. The van der Waals surface area contributed by atoms with Crippen LogP contribution in [0.4, 0.5) is 11.4 Å². The summed E-state index contributed by atoms with van der Waals surface area (Å²) in [5.74, 6) is -1.03. The number of halogens is 1. The first-order valence-corrected chi connectivity index (χ1v) is 6.34. The van der Waals surface area contributed by atoms with Crippen LogP contribution in [0.2, 0.25) is 0 Å². The van der Waals surface area contributed by atoms with Gasteiger partial charge in [0.25, 0.3) is 5.69 Å². The molecule has 1 aromatic carbocycles. The molecule has 1 unspecified atom stereocenters. The van der Waals surface area contributed by atoms with Crippen LogP contribution in [-0.4, -0.2) is 34.6 Å². The molecule has 1 aromatic rings. The fraction of sp³-hybridized carbons (Fsp3) is 0.364. The van der Waals surface area contributed by atoms with E-state index in [1.807, 2.05) is 4.90 Å². The number of nitro groups is 1. The molecule has 8 heteroatoms. The van der Waals surface area contributed by atoms with Gasteiger partial charge in [0.05, 0.1) is 10.6 Å². The summed E-state index contributed by atoms with van der Waals surface area (Å²) in [6, 6.07) is 4.37. The maximum absolute atomic E-state index is 11.1. The number of carboxylic acid groups (broad SMARTS) is 1. The van der Waals surface area contributed by atoms with Crippen molar-refractivity contribution in [2.75, 3.05) is 18.0 Å². The molecule has 1 heterocycles. The molecule has 0 amide bonds. The third-order valence-corrected chi connectivity index (χ3v) is 3.84. The van der Waals surface area contributed by atoms with E-state index in [2.05, 4.69) is 15.9 Å². The van der Waals surface area contributed by atoms with Crippen LogP contribution in [0.1, 0.15) is 6.42 Å². The summed E-state index contributed by atoms with van der Waals surface area (Å²) in [4.78, 5) is 23.1. The first-order valence-electron chi connectivity index (χ1n) is 5.55. The first-order chi connectivity index (χ1) is 8.83. The summed E-state index contributed by atoms with van der Waals surface area (Å²) in [7, 11) is 0. The quantitative estimate of drug-likeness (QED) is 0.639. The van der Waals surface area contributed by atoms with Crippen LogP contribution in [-0.2, 0) is 4.79 Å². The second kappa shape index (κ2) is 4.78. The third-order valence-electron chi connectivity index (χ3n) is 3.21. The largest absolute Gasteiger partial charge is 0.480 e. The number of rotatable bonds is 3. The molecule has 0 bridgehead atoms. The minimum absolute atomic E-state index is 0.0212. The zero-order valence-corrected chi connectivity index (χ0v) is 11.5. The highest BCUT2D eigenvalue weighted by Crippen LogP contribution is 2.33. The molecule has 0 spiro atoms. The van der Waals surface area contributed by atoms with Gasteiger partial charge in [0.2, 0.25) is 0 Å². The highest BCUT2D eigenvalue weighted by Gasteiger charge is 2.41. The van der Waals surface area contributed by atoms with Crippen molar-refractivity contribution >= 4 is 33.3 Å². The molecule has 19 heavy (non-hydrogen) atoms. The summed E-state index contributed by atoms with van der Waals surface area (Å²) in [6.07, 6.45) is 0.339. The van der Waals surface area contributed by atoms with Gasteiger partial charge in [-0.05, 0) is 28.4 Å². The van der Waals surface area contributed by atoms with Crippen molar-refractivity contribution in [1.82, 2.24) is 0 Å². The van der Waals surface area contributed by atoms with Crippen molar-refractivity contribution < 1.29 is 14.8 Å². The molecule has 1 fully saturated rings. The number of nitro benzene ring substituents is 1. The lowest BCUT2D eigenvalue weighted by atomic mass is 10.0. The Balaban J connectivity index is 2.25. The van der Waals surface area contributed by atoms with Gasteiger partial charge in [-0.15, -0.1) is 0 Å². The molecule has 1 saturated heterocycles. The molecule has 1 atom stereocenters. The highest BCUT2D eigenvalue weighted by atomic mass is 79.9. The van der Waals surface area contributed by atoms with Crippen molar-refractivity contribution in [3.63, 3.8) is 0 Å². The Kier molecular flexibility index (Phi) is 3.46. The number of anilines is 1. The normalized spacial score (nSPS) is 22.5. The van der Waals surface area contributed by atoms with Gasteiger partial charge in [0.15, 0.2) is 0 Å². The van der Waals surface area contributed by atoms with E-state index in [9.17, 15) is 14.9 Å². The summed E-state index contributed by atoms with van der Waals surface area (Å²) in [5, 5.41) is 19.7. The molecule has 2 rings (SSSR count). The number of carbonyl (C=O) groups is 1. The number of nitrogens with two attached hydrogens (primary N) is 1. The number of hydrogen-bond acceptors (Lipinski definition) is 5. The van der Waals surface area contributed by atoms with Crippen LogP contribution in [0, 0.1) is 10.1 Å². The highest BCUT2D eigenvalue weighted by molar-refractivity contribution is 9.10. The predicted molar refractivity (Wildman–Crippen MR) is 72.2 cm³/mol. The third kappa shape index (κ3) is 2.54. The number of non-ortho nitro benzene ring substituents is 1. The zero-order chi connectivity index (χ0) is 14.2. The van der Waals surface area contributed by atoms with Gasteiger partial charge >= 0.3 is 5.97 Å². The van der Waals surface area contributed by atoms with Crippen LogP contribution < -0.4 is 10.6 Å². The van der Waals surface area contributed by atoms with Crippen LogP contribution in [0.15, 0.2) is 22.7 Å². The van der Waals surface area contributed by atoms with Crippen LogP contribution >= 0.6 is 15.9 Å². The van der Waals surface area contributed by atoms with Crippen molar-refractivity contribution in [2.24, 2.45) is 5.73 Å². The zero-order valence-electron chi connectivity index (χ0n) is 9.88. The molecule has 102 valence electrons. The van der Waals surface area contributed by atoms with Gasteiger partial charge in [0, 0.05) is 29.7 Å². The van der Waals surface area contributed by atoms with Gasteiger partial charge in [0.1, 0.15) is 5.54 Å². The molecule has 0 aliphatic carbocycles. The Morgan fingerprint density at radius 1 is 1.58 bits per heavy atom. The van der Waals surface area contributed by atoms with Crippen molar-refractivity contribution in [3.8, 4) is 0 Å². The average Bonchev–Trinajstić information content (AvgIpc) is 2.73. The Hall–Kier alpha value is -1.67. The van der Waals surface area contributed by atoms with E-state index in [0.29, 0.717) is 23.1 Å². The predicted octanol–water partition coefficient (Wildman–Crippen LogP) is 1.35. The van der Waals surface area contributed by atoms with Crippen LogP contribution in [0.3, 0.4) is 0 Å². The molecule has 1 aliphatic heterocycles. The lowest BCUT2D eigenvalue weighted by molar-refractivity contribution is -0.384. The van der Waals surface area contributed by atoms with Crippen LogP contribution in [0.5, 0.6) is 0 Å². The second-order valence-corrected chi connectivity index (χ2v) is 5.38. The van der Waals surface area contributed by atoms with E-state index in [-0.39, 0.29) is 12.2 Å². The maximum atomic E-state index is 11.1. The van der Waals surface area contributed by atoms with Gasteiger partial charge < -0.3 is 15.7 Å². The number of aliphatic carboxylic acids is 1. The van der Waals surface area contributed by atoms with Gasteiger partial charge in [-0.1, -0.05) is 0 Å². The number of carboxylic acids is 1. The number of benzene rings is 1. The Morgan fingerprint density at radius 3 is 2.74 bits per heavy atom. The average molecular weight is 330 g/mol. The fourth-order valence-electron chi connectivity index (χ4n) is 2.08. The molecule has 0 aromatic heterocycles. The molecular formula is C11H12BrN3O4. The van der Waals surface area contributed by atoms with Crippen LogP contribution in [0.25, 0.3) is 0 Å². The van der Waals surface area contributed by atoms with E-state index in [4.69, 9.17) is 10.8 Å². The monoisotopic (exact) mass is 329 g/mol. The van der Waals surface area contributed by atoms with E-state index in [1.165, 1.54) is 12.1 Å². The fourth-order valence-corrected chi connectivity index (χ4v) is 2.70. The smallest absolute Gasteiger partial charge is 0.325 e. The topological polar surface area (TPSA) is 110 Å². The number of nitrogens with zero attached hydrogens (tertiary/aromatic N) is 2. The Morgan fingerprint density at radius 2 is 2.26 bits per heavy atom. The van der Waals surface area contributed by atoms with Crippen molar-refractivity contribution in [1.29, 1.82) is 0 Å². The van der Waals surface area contributed by atoms with E-state index >= 15 is 0 Å². The Bertz CT molecular complexity index is 551. The van der Waals surface area contributed by atoms with Crippen molar-refractivity contribution in [3.05, 3.63) is 32.8 Å². The molecule has 0 radical (unpaired) electrons. The second-order valence-electron chi connectivity index (χ2n) is 4.53. The summed E-state index contributed by atoms with van der Waals surface area (Å²) >= 11 is 3.27. The minimum atomic E-state index is -1.26. The number of hydrogen-bond donors (Lipinski definition) is 2. The Labute approximate surface area is 117 Å². The van der Waals surface area contributed by atoms with Gasteiger partial charge in [-0.3, -0.25) is 14.9 Å². The van der Waals surface area contributed by atoms with Gasteiger partial charge in [-0.2, -0.15) is 0 Å². The molecule has 0 saturated carbocycles. The standard InChI is InChI=1S/C11H12BrN3O4/c12-8-5-7(15(18)19)1-2-9(8)14-4-3-11(13,6-14)10(16)17/h1-2,5H,3-4,6,13H2,(H,16,17). The summed E-state index contributed by atoms with van der Waals surface area (Å²) in [5.41, 5.74) is 5.22. The lowest BCUT2D eigenvalue weighted by Gasteiger charge is -2.22. The summed E-state index contributed by atoms with van der Waals surface area (Å²) < 4.78 is 0.552. The van der Waals surface area contributed by atoms with E-state index in [0.717, 1.165) is 0 Å². The van der Waals surface area contributed by atoms with E-state index < -0.39 is 16.4 Å². The maximum Gasteiger partial charge on any atom is 0.325 e. The summed E-state index contributed by atoms with van der Waals surface area (Å²) in [6.45, 7) is 0.679. The SMILES string of the molecule is NC1(C(=O)O)CCN(c2ccc([N+](=O)[O-])cc2Br)C1. The van der Waals surface area contributed by atoms with Crippen molar-refractivity contribution in [2.45, 2.75) is 12.0 Å². The van der Waals surface area contributed by atoms with Gasteiger partial charge in [-0.25, -0.2) is 0 Å². The molecular weight excluding hydrogens is 318 g/mol. The van der Waals surface area contributed by atoms with E-state index in [1.54, 1.807) is 6.07 Å². The molecule has 3 N–H and O–H groups in total. The minimum Gasteiger partial charge on any atom is -0.480 e. The first kappa shape index (κ1) is 13.8.